The highest BCUT2D eigenvalue weighted by Crippen LogP contribution is 2.24. The molecular formula is C15H11ClFNO. The van der Waals surface area contributed by atoms with E-state index in [2.05, 4.69) is 4.99 Å². The van der Waals surface area contributed by atoms with Gasteiger partial charge in [-0.3, -0.25) is 0 Å². The second kappa shape index (κ2) is 6.28. The molecule has 0 N–H and O–H groups in total. The summed E-state index contributed by atoms with van der Waals surface area (Å²) in [5.41, 5.74) is 1.32. The summed E-state index contributed by atoms with van der Waals surface area (Å²) in [5, 5.41) is 0.600. The highest BCUT2D eigenvalue weighted by atomic mass is 35.5. The maximum atomic E-state index is 13.6. The minimum absolute atomic E-state index is 0.303. The fourth-order valence-corrected chi connectivity index (χ4v) is 1.98. The Labute approximate surface area is 115 Å². The van der Waals surface area contributed by atoms with E-state index in [1.807, 2.05) is 0 Å². The van der Waals surface area contributed by atoms with Crippen molar-refractivity contribution in [1.29, 1.82) is 0 Å². The van der Waals surface area contributed by atoms with Crippen LogP contribution in [0.25, 0.3) is 0 Å². The average Bonchev–Trinajstić information content (AvgIpc) is 2.42. The zero-order valence-electron chi connectivity index (χ0n) is 10.0. The smallest absolute Gasteiger partial charge is 0.211 e. The largest absolute Gasteiger partial charge is 0.235 e. The summed E-state index contributed by atoms with van der Waals surface area (Å²) in [7, 11) is 0. The average molecular weight is 276 g/mol. The van der Waals surface area contributed by atoms with E-state index < -0.39 is 6.04 Å². The minimum Gasteiger partial charge on any atom is -0.211 e. The van der Waals surface area contributed by atoms with Gasteiger partial charge in [0.05, 0.1) is 6.04 Å². The lowest BCUT2D eigenvalue weighted by Crippen LogP contribution is -2.02. The molecule has 1 atom stereocenters. The Hall–Kier alpha value is -1.96. The third-order valence-corrected chi connectivity index (χ3v) is 3.09. The number of rotatable bonds is 4. The van der Waals surface area contributed by atoms with Gasteiger partial charge < -0.3 is 0 Å². The molecule has 19 heavy (non-hydrogen) atoms. The van der Waals surface area contributed by atoms with Crippen molar-refractivity contribution in [2.75, 3.05) is 0 Å². The van der Waals surface area contributed by atoms with Crippen molar-refractivity contribution in [3.8, 4) is 0 Å². The number of isocyanates is 1. The van der Waals surface area contributed by atoms with Crippen molar-refractivity contribution < 1.29 is 9.18 Å². The summed E-state index contributed by atoms with van der Waals surface area (Å²) in [4.78, 5) is 14.3. The number of nitrogens with zero attached hydrogens (tertiary/aromatic N) is 1. The van der Waals surface area contributed by atoms with Crippen molar-refractivity contribution in [3.63, 3.8) is 0 Å². The van der Waals surface area contributed by atoms with Gasteiger partial charge in [-0.2, -0.15) is 4.99 Å². The highest BCUT2D eigenvalue weighted by molar-refractivity contribution is 6.30. The molecule has 1 unspecified atom stereocenters. The molecule has 96 valence electrons. The normalized spacial score (nSPS) is 11.7. The lowest BCUT2D eigenvalue weighted by Gasteiger charge is -2.11. The van der Waals surface area contributed by atoms with Crippen LogP contribution in [0.4, 0.5) is 4.39 Å². The molecule has 0 saturated carbocycles. The lowest BCUT2D eigenvalue weighted by atomic mass is 9.99. The first-order valence-electron chi connectivity index (χ1n) is 5.76. The minimum atomic E-state index is -0.452. The van der Waals surface area contributed by atoms with Crippen LogP contribution >= 0.6 is 11.6 Å². The van der Waals surface area contributed by atoms with Crippen LogP contribution in [0, 0.1) is 5.82 Å². The number of aliphatic imine (C=N–C) groups is 1. The van der Waals surface area contributed by atoms with Gasteiger partial charge in [-0.1, -0.05) is 41.9 Å². The molecule has 2 aromatic carbocycles. The molecule has 0 fully saturated rings. The van der Waals surface area contributed by atoms with Gasteiger partial charge in [-0.05, 0) is 29.3 Å². The van der Waals surface area contributed by atoms with Gasteiger partial charge in [0.1, 0.15) is 5.82 Å². The molecule has 0 aliphatic heterocycles. The van der Waals surface area contributed by atoms with Crippen LogP contribution in [0.15, 0.2) is 53.5 Å². The van der Waals surface area contributed by atoms with E-state index in [0.29, 0.717) is 17.0 Å². The predicted octanol–water partition coefficient (Wildman–Crippen LogP) is 4.10. The fraction of sp³-hybridized carbons (Fsp3) is 0.133. The number of hydrogen-bond acceptors (Lipinski definition) is 2. The van der Waals surface area contributed by atoms with Crippen molar-refractivity contribution >= 4 is 17.7 Å². The second-order valence-corrected chi connectivity index (χ2v) is 4.52. The quantitative estimate of drug-likeness (QED) is 0.610. The Morgan fingerprint density at radius 3 is 2.47 bits per heavy atom. The third-order valence-electron chi connectivity index (χ3n) is 2.83. The number of benzene rings is 2. The van der Waals surface area contributed by atoms with Crippen LogP contribution in [-0.2, 0) is 11.2 Å². The van der Waals surface area contributed by atoms with Gasteiger partial charge in [0, 0.05) is 11.4 Å². The zero-order valence-corrected chi connectivity index (χ0v) is 10.8. The monoisotopic (exact) mass is 275 g/mol. The number of carbonyl (C=O) groups excluding carboxylic acids is 1. The lowest BCUT2D eigenvalue weighted by molar-refractivity contribution is 0.553. The van der Waals surface area contributed by atoms with Gasteiger partial charge in [-0.15, -0.1) is 0 Å². The predicted molar refractivity (Wildman–Crippen MR) is 72.4 cm³/mol. The van der Waals surface area contributed by atoms with E-state index in [-0.39, 0.29) is 5.82 Å². The molecule has 2 aromatic rings. The summed E-state index contributed by atoms with van der Waals surface area (Å²) < 4.78 is 13.6. The summed E-state index contributed by atoms with van der Waals surface area (Å²) in [5.74, 6) is -0.303. The van der Waals surface area contributed by atoms with Crippen LogP contribution in [0.5, 0.6) is 0 Å². The molecule has 0 bridgehead atoms. The second-order valence-electron chi connectivity index (χ2n) is 4.08. The van der Waals surface area contributed by atoms with E-state index in [9.17, 15) is 9.18 Å². The first-order valence-corrected chi connectivity index (χ1v) is 6.14. The molecule has 0 aromatic heterocycles. The molecule has 0 aliphatic rings. The van der Waals surface area contributed by atoms with Crippen molar-refractivity contribution in [2.24, 2.45) is 4.99 Å². The standard InChI is InChI=1S/C15H11ClFNO/c16-13-7-5-11(6-8-13)15(18-10-19)9-12-3-1-2-4-14(12)17/h1-8,15H,9H2. The van der Waals surface area contributed by atoms with Crippen LogP contribution in [0.3, 0.4) is 0 Å². The highest BCUT2D eigenvalue weighted by Gasteiger charge is 2.13. The molecule has 0 spiro atoms. The van der Waals surface area contributed by atoms with Crippen LogP contribution in [0.2, 0.25) is 5.02 Å². The Balaban J connectivity index is 2.29. The molecule has 2 nitrogen and oxygen atoms in total. The first kappa shape index (κ1) is 13.5. The Kier molecular flexibility index (Phi) is 4.45. The van der Waals surface area contributed by atoms with Gasteiger partial charge in [0.15, 0.2) is 0 Å². The van der Waals surface area contributed by atoms with Crippen molar-refractivity contribution in [2.45, 2.75) is 12.5 Å². The third kappa shape index (κ3) is 3.50. The van der Waals surface area contributed by atoms with Gasteiger partial charge in [-0.25, -0.2) is 9.18 Å². The van der Waals surface area contributed by atoms with Gasteiger partial charge in [0.2, 0.25) is 6.08 Å². The van der Waals surface area contributed by atoms with Gasteiger partial charge >= 0.3 is 0 Å². The van der Waals surface area contributed by atoms with E-state index in [1.54, 1.807) is 48.5 Å². The van der Waals surface area contributed by atoms with Gasteiger partial charge in [0.25, 0.3) is 0 Å². The summed E-state index contributed by atoms with van der Waals surface area (Å²) in [6, 6.07) is 13.0. The number of halogens is 2. The molecule has 0 aliphatic carbocycles. The molecule has 0 saturated heterocycles. The maximum absolute atomic E-state index is 13.6. The first-order chi connectivity index (χ1) is 9.20. The van der Waals surface area contributed by atoms with Crippen LogP contribution in [-0.4, -0.2) is 6.08 Å². The van der Waals surface area contributed by atoms with Crippen LogP contribution < -0.4 is 0 Å². The number of hydrogen-bond donors (Lipinski definition) is 0. The fourth-order valence-electron chi connectivity index (χ4n) is 1.86. The Bertz CT molecular complexity index is 606. The zero-order chi connectivity index (χ0) is 13.7. The summed E-state index contributed by atoms with van der Waals surface area (Å²) in [6.07, 6.45) is 1.85. The van der Waals surface area contributed by atoms with Crippen LogP contribution in [0.1, 0.15) is 17.2 Å². The van der Waals surface area contributed by atoms with Crippen molar-refractivity contribution in [3.05, 3.63) is 70.5 Å². The van der Waals surface area contributed by atoms with E-state index in [0.717, 1.165) is 5.56 Å². The molecule has 0 heterocycles. The summed E-state index contributed by atoms with van der Waals surface area (Å²) >= 11 is 5.81. The topological polar surface area (TPSA) is 29.4 Å². The van der Waals surface area contributed by atoms with Crippen molar-refractivity contribution in [1.82, 2.24) is 0 Å². The van der Waals surface area contributed by atoms with E-state index >= 15 is 0 Å². The maximum Gasteiger partial charge on any atom is 0.235 e. The SMILES string of the molecule is O=C=NC(Cc1ccccc1F)c1ccc(Cl)cc1. The Morgan fingerprint density at radius 1 is 1.16 bits per heavy atom. The molecule has 0 amide bonds. The summed E-state index contributed by atoms with van der Waals surface area (Å²) in [6.45, 7) is 0. The molecule has 2 rings (SSSR count). The molecule has 0 radical (unpaired) electrons. The Morgan fingerprint density at radius 2 is 1.84 bits per heavy atom. The molecule has 4 heteroatoms. The van der Waals surface area contributed by atoms with E-state index in [1.165, 1.54) is 6.07 Å². The molecular weight excluding hydrogens is 265 g/mol. The van der Waals surface area contributed by atoms with E-state index in [4.69, 9.17) is 11.6 Å².